The van der Waals surface area contributed by atoms with Crippen LogP contribution >= 0.6 is 27.3 Å². The SMILES string of the molecule is O=C(NCC1CCCN(Cc2cccs2)C1)c1coc(Br)c1. The molecule has 4 nitrogen and oxygen atoms in total. The van der Waals surface area contributed by atoms with Gasteiger partial charge < -0.3 is 9.73 Å². The largest absolute Gasteiger partial charge is 0.457 e. The fourth-order valence-corrected chi connectivity index (χ4v) is 3.94. The summed E-state index contributed by atoms with van der Waals surface area (Å²) in [4.78, 5) is 15.9. The maximum Gasteiger partial charge on any atom is 0.254 e. The van der Waals surface area contributed by atoms with E-state index in [1.54, 1.807) is 6.07 Å². The zero-order valence-electron chi connectivity index (χ0n) is 12.3. The lowest BCUT2D eigenvalue weighted by Crippen LogP contribution is -2.40. The van der Waals surface area contributed by atoms with Gasteiger partial charge in [-0.1, -0.05) is 6.07 Å². The minimum absolute atomic E-state index is 0.0650. The number of hydrogen-bond acceptors (Lipinski definition) is 4. The molecular weight excluding hydrogens is 364 g/mol. The predicted octanol–water partition coefficient (Wildman–Crippen LogP) is 3.75. The van der Waals surface area contributed by atoms with Crippen LogP contribution in [0.2, 0.25) is 0 Å². The summed E-state index contributed by atoms with van der Waals surface area (Å²) in [6.07, 6.45) is 3.85. The van der Waals surface area contributed by atoms with Crippen molar-refractivity contribution in [3.63, 3.8) is 0 Å². The second-order valence-corrected chi connectivity index (χ2v) is 7.49. The average Bonchev–Trinajstić information content (AvgIpc) is 3.17. The Labute approximate surface area is 142 Å². The Balaban J connectivity index is 1.47. The molecule has 2 aromatic heterocycles. The molecule has 0 saturated carbocycles. The van der Waals surface area contributed by atoms with E-state index in [0.29, 0.717) is 16.2 Å². The second kappa shape index (κ2) is 7.44. The van der Waals surface area contributed by atoms with E-state index in [9.17, 15) is 4.79 Å². The average molecular weight is 383 g/mol. The van der Waals surface area contributed by atoms with E-state index in [-0.39, 0.29) is 5.91 Å². The fourth-order valence-electron chi connectivity index (χ4n) is 2.85. The van der Waals surface area contributed by atoms with Gasteiger partial charge in [0.25, 0.3) is 5.91 Å². The fraction of sp³-hybridized carbons (Fsp3) is 0.438. The highest BCUT2D eigenvalue weighted by atomic mass is 79.9. The first-order chi connectivity index (χ1) is 10.7. The third-order valence-electron chi connectivity index (χ3n) is 3.94. The lowest BCUT2D eigenvalue weighted by Gasteiger charge is -2.32. The van der Waals surface area contributed by atoms with Crippen molar-refractivity contribution >= 4 is 33.2 Å². The Hall–Kier alpha value is -1.11. The number of thiophene rings is 1. The van der Waals surface area contributed by atoms with Gasteiger partial charge in [-0.2, -0.15) is 0 Å². The number of halogens is 1. The van der Waals surface area contributed by atoms with Gasteiger partial charge in [-0.3, -0.25) is 9.69 Å². The summed E-state index contributed by atoms with van der Waals surface area (Å²) in [5, 5.41) is 5.14. The first kappa shape index (κ1) is 15.8. The molecule has 0 spiro atoms. The Bertz CT molecular complexity index is 611. The third-order valence-corrected chi connectivity index (χ3v) is 5.22. The minimum atomic E-state index is -0.0650. The van der Waals surface area contributed by atoms with Crippen molar-refractivity contribution in [2.45, 2.75) is 19.4 Å². The molecule has 1 aliphatic heterocycles. The maximum atomic E-state index is 12.0. The molecule has 6 heteroatoms. The van der Waals surface area contributed by atoms with Gasteiger partial charge in [-0.05, 0) is 52.7 Å². The van der Waals surface area contributed by atoms with E-state index in [0.717, 1.165) is 26.2 Å². The van der Waals surface area contributed by atoms with E-state index >= 15 is 0 Å². The Morgan fingerprint density at radius 1 is 1.55 bits per heavy atom. The number of carbonyl (C=O) groups is 1. The molecule has 1 saturated heterocycles. The van der Waals surface area contributed by atoms with Crippen LogP contribution in [0.5, 0.6) is 0 Å². The van der Waals surface area contributed by atoms with Crippen LogP contribution in [0.15, 0.2) is 38.9 Å². The smallest absolute Gasteiger partial charge is 0.254 e. The van der Waals surface area contributed by atoms with Gasteiger partial charge >= 0.3 is 0 Å². The topological polar surface area (TPSA) is 45.5 Å². The number of amides is 1. The van der Waals surface area contributed by atoms with Crippen LogP contribution in [0.4, 0.5) is 0 Å². The molecule has 1 N–H and O–H groups in total. The van der Waals surface area contributed by atoms with Crippen molar-refractivity contribution < 1.29 is 9.21 Å². The number of nitrogens with zero attached hydrogens (tertiary/aromatic N) is 1. The van der Waals surface area contributed by atoms with Crippen LogP contribution < -0.4 is 5.32 Å². The van der Waals surface area contributed by atoms with Crippen LogP contribution in [0.25, 0.3) is 0 Å². The molecule has 22 heavy (non-hydrogen) atoms. The van der Waals surface area contributed by atoms with Crippen molar-refractivity contribution in [2.24, 2.45) is 5.92 Å². The monoisotopic (exact) mass is 382 g/mol. The van der Waals surface area contributed by atoms with Gasteiger partial charge in [-0.25, -0.2) is 0 Å². The molecule has 1 aliphatic rings. The lowest BCUT2D eigenvalue weighted by molar-refractivity contribution is 0.0930. The van der Waals surface area contributed by atoms with E-state index in [1.165, 1.54) is 24.0 Å². The molecule has 1 fully saturated rings. The maximum absolute atomic E-state index is 12.0. The molecule has 1 unspecified atom stereocenters. The van der Waals surface area contributed by atoms with Crippen molar-refractivity contribution in [2.75, 3.05) is 19.6 Å². The zero-order chi connectivity index (χ0) is 15.4. The summed E-state index contributed by atoms with van der Waals surface area (Å²) in [5.41, 5.74) is 0.568. The summed E-state index contributed by atoms with van der Waals surface area (Å²) < 4.78 is 5.68. The first-order valence-corrected chi connectivity index (χ1v) is 9.15. The molecule has 0 radical (unpaired) electrons. The summed E-state index contributed by atoms with van der Waals surface area (Å²) in [6, 6.07) is 5.98. The molecule has 2 aromatic rings. The highest BCUT2D eigenvalue weighted by molar-refractivity contribution is 9.10. The highest BCUT2D eigenvalue weighted by Gasteiger charge is 2.21. The van der Waals surface area contributed by atoms with Crippen LogP contribution in [0, 0.1) is 5.92 Å². The van der Waals surface area contributed by atoms with Gasteiger partial charge in [0.2, 0.25) is 0 Å². The van der Waals surface area contributed by atoms with Crippen molar-refractivity contribution in [3.05, 3.63) is 45.0 Å². The van der Waals surface area contributed by atoms with Crippen LogP contribution in [-0.2, 0) is 6.54 Å². The summed E-state index contributed by atoms with van der Waals surface area (Å²) in [7, 11) is 0. The highest BCUT2D eigenvalue weighted by Crippen LogP contribution is 2.20. The normalized spacial score (nSPS) is 19.2. The molecule has 3 heterocycles. The van der Waals surface area contributed by atoms with Gasteiger partial charge in [0.05, 0.1) is 5.56 Å². The zero-order valence-corrected chi connectivity index (χ0v) is 14.7. The predicted molar refractivity (Wildman–Crippen MR) is 91.1 cm³/mol. The van der Waals surface area contributed by atoms with Crippen molar-refractivity contribution in [1.29, 1.82) is 0 Å². The van der Waals surface area contributed by atoms with Crippen molar-refractivity contribution in [1.82, 2.24) is 10.2 Å². The standard InChI is InChI=1S/C16H19BrN2O2S/c17-15-7-13(11-21-15)16(20)18-8-12-3-1-5-19(9-12)10-14-4-2-6-22-14/h2,4,6-7,11-12H,1,3,5,8-10H2,(H,18,20). The van der Waals surface area contributed by atoms with E-state index < -0.39 is 0 Å². The summed E-state index contributed by atoms with van der Waals surface area (Å²) >= 11 is 5.02. The van der Waals surface area contributed by atoms with Crippen LogP contribution in [-0.4, -0.2) is 30.4 Å². The molecule has 3 rings (SSSR count). The third kappa shape index (κ3) is 4.21. The number of rotatable bonds is 5. The number of furan rings is 1. The van der Waals surface area contributed by atoms with E-state index in [4.69, 9.17) is 4.42 Å². The molecule has 0 aromatic carbocycles. The Morgan fingerprint density at radius 3 is 3.18 bits per heavy atom. The number of likely N-dealkylation sites (tertiary alicyclic amines) is 1. The molecule has 0 bridgehead atoms. The van der Waals surface area contributed by atoms with Gasteiger partial charge in [-0.15, -0.1) is 11.3 Å². The molecular formula is C16H19BrN2O2S. The quantitative estimate of drug-likeness (QED) is 0.856. The van der Waals surface area contributed by atoms with Gasteiger partial charge in [0.15, 0.2) is 4.67 Å². The Kier molecular flexibility index (Phi) is 5.33. The van der Waals surface area contributed by atoms with Gasteiger partial charge in [0.1, 0.15) is 6.26 Å². The number of piperidine rings is 1. The van der Waals surface area contributed by atoms with Gasteiger partial charge in [0, 0.05) is 30.6 Å². The number of nitrogens with one attached hydrogen (secondary N) is 1. The molecule has 1 atom stereocenters. The number of carbonyl (C=O) groups excluding carboxylic acids is 1. The summed E-state index contributed by atoms with van der Waals surface area (Å²) in [6.45, 7) is 3.95. The number of hydrogen-bond donors (Lipinski definition) is 1. The van der Waals surface area contributed by atoms with E-state index in [2.05, 4.69) is 43.7 Å². The van der Waals surface area contributed by atoms with Crippen molar-refractivity contribution in [3.8, 4) is 0 Å². The molecule has 0 aliphatic carbocycles. The molecule has 1 amide bonds. The minimum Gasteiger partial charge on any atom is -0.457 e. The lowest BCUT2D eigenvalue weighted by atomic mass is 9.98. The first-order valence-electron chi connectivity index (χ1n) is 7.47. The summed E-state index contributed by atoms with van der Waals surface area (Å²) in [5.74, 6) is 0.456. The van der Waals surface area contributed by atoms with Crippen LogP contribution in [0.3, 0.4) is 0 Å². The molecule has 118 valence electrons. The second-order valence-electron chi connectivity index (χ2n) is 5.67. The Morgan fingerprint density at radius 2 is 2.45 bits per heavy atom. The van der Waals surface area contributed by atoms with E-state index in [1.807, 2.05) is 11.3 Å². The van der Waals surface area contributed by atoms with Crippen LogP contribution in [0.1, 0.15) is 28.1 Å².